The Bertz CT molecular complexity index is 455. The molecule has 0 amide bonds. The summed E-state index contributed by atoms with van der Waals surface area (Å²) in [5, 5.41) is 3.47. The van der Waals surface area contributed by atoms with Crippen LogP contribution in [0.4, 0.5) is 5.69 Å². The lowest BCUT2D eigenvalue weighted by molar-refractivity contribution is 0.217. The summed E-state index contributed by atoms with van der Waals surface area (Å²) in [4.78, 5) is 14.0. The number of hydrogen-bond acceptors (Lipinski definition) is 3. The van der Waals surface area contributed by atoms with Gasteiger partial charge in [0.1, 0.15) is 0 Å². The number of aromatic nitrogens is 1. The average molecular weight is 263 g/mol. The van der Waals surface area contributed by atoms with Crippen molar-refractivity contribution in [2.24, 2.45) is 5.92 Å². The molecule has 2 rings (SSSR count). The van der Waals surface area contributed by atoms with Gasteiger partial charge in [-0.05, 0) is 44.8 Å². The molecular weight excluding hydrogens is 238 g/mol. The quantitative estimate of drug-likeness (QED) is 0.883. The summed E-state index contributed by atoms with van der Waals surface area (Å²) in [7, 11) is 2.19. The lowest BCUT2D eigenvalue weighted by Crippen LogP contribution is -2.35. The molecule has 1 unspecified atom stereocenters. The number of anilines is 1. The van der Waals surface area contributed by atoms with Gasteiger partial charge < -0.3 is 14.8 Å². The third-order valence-corrected chi connectivity index (χ3v) is 3.76. The number of piperidine rings is 1. The van der Waals surface area contributed by atoms with E-state index in [0.29, 0.717) is 5.92 Å². The van der Waals surface area contributed by atoms with E-state index in [9.17, 15) is 4.79 Å². The monoisotopic (exact) mass is 263 g/mol. The number of pyridine rings is 1. The first-order valence-corrected chi connectivity index (χ1v) is 7.32. The summed E-state index contributed by atoms with van der Waals surface area (Å²) >= 11 is 0. The van der Waals surface area contributed by atoms with E-state index < -0.39 is 0 Å². The molecule has 1 aromatic rings. The summed E-state index contributed by atoms with van der Waals surface area (Å²) in [6.07, 6.45) is 5.51. The number of rotatable bonds is 5. The molecule has 0 aliphatic carbocycles. The van der Waals surface area contributed by atoms with E-state index in [-0.39, 0.29) is 5.56 Å². The molecule has 1 aliphatic heterocycles. The van der Waals surface area contributed by atoms with E-state index in [4.69, 9.17) is 0 Å². The highest BCUT2D eigenvalue weighted by molar-refractivity contribution is 5.40. The van der Waals surface area contributed by atoms with Crippen molar-refractivity contribution >= 4 is 5.69 Å². The van der Waals surface area contributed by atoms with Crippen LogP contribution in [-0.4, -0.2) is 36.1 Å². The maximum Gasteiger partial charge on any atom is 0.250 e. The molecule has 1 atom stereocenters. The molecule has 0 saturated carbocycles. The molecular formula is C15H25N3O. The first-order valence-electron chi connectivity index (χ1n) is 7.32. The van der Waals surface area contributed by atoms with Gasteiger partial charge in [0.25, 0.3) is 5.56 Å². The number of aryl methyl sites for hydroxylation is 1. The minimum absolute atomic E-state index is 0.0878. The van der Waals surface area contributed by atoms with Gasteiger partial charge in [-0.25, -0.2) is 0 Å². The molecule has 0 spiro atoms. The second-order valence-corrected chi connectivity index (χ2v) is 5.60. The summed E-state index contributed by atoms with van der Waals surface area (Å²) < 4.78 is 1.79. The molecule has 2 heterocycles. The molecule has 19 heavy (non-hydrogen) atoms. The minimum Gasteiger partial charge on any atom is -0.384 e. The van der Waals surface area contributed by atoms with Crippen molar-refractivity contribution in [1.29, 1.82) is 0 Å². The Balaban J connectivity index is 1.92. The molecule has 0 aromatic carbocycles. The van der Waals surface area contributed by atoms with E-state index in [1.54, 1.807) is 10.6 Å². The Kier molecular flexibility index (Phi) is 5.02. The minimum atomic E-state index is 0.0878. The Morgan fingerprint density at radius 2 is 2.26 bits per heavy atom. The van der Waals surface area contributed by atoms with Gasteiger partial charge in [-0.1, -0.05) is 6.92 Å². The van der Waals surface area contributed by atoms with Crippen LogP contribution in [0.15, 0.2) is 23.1 Å². The normalized spacial score (nSPS) is 20.4. The lowest BCUT2D eigenvalue weighted by atomic mass is 9.98. The second kappa shape index (κ2) is 6.75. The van der Waals surface area contributed by atoms with Gasteiger partial charge in [-0.2, -0.15) is 0 Å². The van der Waals surface area contributed by atoms with Gasteiger partial charge in [-0.15, -0.1) is 0 Å². The number of nitrogens with one attached hydrogen (secondary N) is 1. The zero-order chi connectivity index (χ0) is 13.7. The van der Waals surface area contributed by atoms with E-state index >= 15 is 0 Å². The molecule has 1 saturated heterocycles. The topological polar surface area (TPSA) is 37.3 Å². The Morgan fingerprint density at radius 1 is 1.42 bits per heavy atom. The lowest BCUT2D eigenvalue weighted by Gasteiger charge is -2.30. The molecule has 4 heteroatoms. The fraction of sp³-hybridized carbons (Fsp3) is 0.667. The molecule has 0 bridgehead atoms. The van der Waals surface area contributed by atoms with Crippen LogP contribution in [0.3, 0.4) is 0 Å². The van der Waals surface area contributed by atoms with Crippen LogP contribution in [0, 0.1) is 5.92 Å². The number of likely N-dealkylation sites (tertiary alicyclic amines) is 1. The standard InChI is InChI=1S/C15H25N3O/c1-3-8-18-12-14(6-7-15(18)19)16-10-13-5-4-9-17(2)11-13/h6-7,12-13,16H,3-5,8-11H2,1-2H3. The van der Waals surface area contributed by atoms with Crippen molar-refractivity contribution in [1.82, 2.24) is 9.47 Å². The van der Waals surface area contributed by atoms with Crippen molar-refractivity contribution in [3.8, 4) is 0 Å². The molecule has 4 nitrogen and oxygen atoms in total. The third kappa shape index (κ3) is 4.10. The van der Waals surface area contributed by atoms with Gasteiger partial charge in [0.05, 0.1) is 5.69 Å². The maximum absolute atomic E-state index is 11.6. The van der Waals surface area contributed by atoms with Crippen LogP contribution < -0.4 is 10.9 Å². The summed E-state index contributed by atoms with van der Waals surface area (Å²) in [6, 6.07) is 3.55. The fourth-order valence-electron chi connectivity index (χ4n) is 2.75. The number of nitrogens with zero attached hydrogens (tertiary/aromatic N) is 2. The van der Waals surface area contributed by atoms with Crippen LogP contribution in [0.1, 0.15) is 26.2 Å². The summed E-state index contributed by atoms with van der Waals surface area (Å²) in [5.74, 6) is 0.713. The van der Waals surface area contributed by atoms with Gasteiger partial charge in [0.15, 0.2) is 0 Å². The summed E-state index contributed by atoms with van der Waals surface area (Å²) in [5.41, 5.74) is 1.14. The fourth-order valence-corrected chi connectivity index (χ4v) is 2.75. The number of hydrogen-bond donors (Lipinski definition) is 1. The van der Waals surface area contributed by atoms with Crippen LogP contribution >= 0.6 is 0 Å². The summed E-state index contributed by atoms with van der Waals surface area (Å²) in [6.45, 7) is 6.26. The molecule has 0 radical (unpaired) electrons. The van der Waals surface area contributed by atoms with Gasteiger partial charge in [-0.3, -0.25) is 4.79 Å². The molecule has 106 valence electrons. The first-order chi connectivity index (χ1) is 9.19. The van der Waals surface area contributed by atoms with Crippen LogP contribution in [-0.2, 0) is 6.54 Å². The van der Waals surface area contributed by atoms with Crippen LogP contribution in [0.2, 0.25) is 0 Å². The van der Waals surface area contributed by atoms with E-state index in [1.165, 1.54) is 25.9 Å². The predicted octanol–water partition coefficient (Wildman–Crippen LogP) is 2.01. The van der Waals surface area contributed by atoms with Crippen molar-refractivity contribution in [3.63, 3.8) is 0 Å². The Hall–Kier alpha value is -1.29. The van der Waals surface area contributed by atoms with Crippen LogP contribution in [0.25, 0.3) is 0 Å². The molecule has 1 aromatic heterocycles. The zero-order valence-corrected chi connectivity index (χ0v) is 12.1. The van der Waals surface area contributed by atoms with Crippen molar-refractivity contribution in [3.05, 3.63) is 28.7 Å². The first kappa shape index (κ1) is 14.1. The Morgan fingerprint density at radius 3 is 3.00 bits per heavy atom. The largest absolute Gasteiger partial charge is 0.384 e. The Labute approximate surface area is 115 Å². The van der Waals surface area contributed by atoms with Crippen molar-refractivity contribution < 1.29 is 0 Å². The zero-order valence-electron chi connectivity index (χ0n) is 12.1. The average Bonchev–Trinajstić information content (AvgIpc) is 2.40. The predicted molar refractivity (Wildman–Crippen MR) is 79.7 cm³/mol. The highest BCUT2D eigenvalue weighted by atomic mass is 16.1. The van der Waals surface area contributed by atoms with E-state index in [2.05, 4.69) is 24.2 Å². The van der Waals surface area contributed by atoms with Gasteiger partial charge >= 0.3 is 0 Å². The maximum atomic E-state index is 11.6. The second-order valence-electron chi connectivity index (χ2n) is 5.60. The molecule has 1 fully saturated rings. The van der Waals surface area contributed by atoms with Crippen molar-refractivity contribution in [2.75, 3.05) is 32.0 Å². The van der Waals surface area contributed by atoms with E-state index in [0.717, 1.165) is 25.2 Å². The van der Waals surface area contributed by atoms with Crippen LogP contribution in [0.5, 0.6) is 0 Å². The SMILES string of the molecule is CCCn1cc(NCC2CCCN(C)C2)ccc1=O. The smallest absolute Gasteiger partial charge is 0.250 e. The third-order valence-electron chi connectivity index (χ3n) is 3.76. The molecule has 1 N–H and O–H groups in total. The highest BCUT2D eigenvalue weighted by Gasteiger charge is 2.16. The van der Waals surface area contributed by atoms with Gasteiger partial charge in [0.2, 0.25) is 0 Å². The highest BCUT2D eigenvalue weighted by Crippen LogP contribution is 2.16. The van der Waals surface area contributed by atoms with E-state index in [1.807, 2.05) is 12.3 Å². The molecule has 1 aliphatic rings. The van der Waals surface area contributed by atoms with Crippen molar-refractivity contribution in [2.45, 2.75) is 32.7 Å². The van der Waals surface area contributed by atoms with Gasteiger partial charge in [0, 0.05) is 31.9 Å².